The van der Waals surface area contributed by atoms with E-state index in [0.29, 0.717) is 48.2 Å². The average molecular weight is 1040 g/mol. The molecule has 4 heterocycles. The summed E-state index contributed by atoms with van der Waals surface area (Å²) in [6.07, 6.45) is -1.34. The van der Waals surface area contributed by atoms with Gasteiger partial charge in [-0.05, 0) is 78.8 Å². The maximum atomic E-state index is 14.0. The maximum Gasteiger partial charge on any atom is 0.416 e. The lowest BCUT2D eigenvalue weighted by atomic mass is 9.85. The van der Waals surface area contributed by atoms with Gasteiger partial charge in [0.2, 0.25) is 23.6 Å². The molecule has 17 nitrogen and oxygen atoms in total. The number of thiazole rings is 1. The second-order valence-electron chi connectivity index (χ2n) is 19.5. The molecule has 0 radical (unpaired) electrons. The van der Waals surface area contributed by atoms with Crippen LogP contribution in [0.3, 0.4) is 0 Å². The first-order chi connectivity index (χ1) is 35.3. The van der Waals surface area contributed by atoms with Crippen molar-refractivity contribution < 1.29 is 51.7 Å². The number of hydrogen-bond donors (Lipinski definition) is 5. The van der Waals surface area contributed by atoms with Crippen molar-refractivity contribution in [1.29, 1.82) is 0 Å². The molecule has 396 valence electrons. The fourth-order valence-electron chi connectivity index (χ4n) is 8.87. The smallest absolute Gasteiger partial charge is 0.391 e. The van der Waals surface area contributed by atoms with Gasteiger partial charge < -0.3 is 40.7 Å². The molecule has 21 heteroatoms. The number of ether oxygens (including phenoxy) is 2. The molecule has 5 N–H and O–H groups in total. The van der Waals surface area contributed by atoms with Gasteiger partial charge in [0.1, 0.15) is 12.1 Å². The van der Waals surface area contributed by atoms with E-state index in [9.17, 15) is 42.3 Å². The van der Waals surface area contributed by atoms with E-state index in [-0.39, 0.29) is 89.0 Å². The molecule has 7 rings (SSSR count). The highest BCUT2D eigenvalue weighted by atomic mass is 32.1. The molecular weight excluding hydrogens is 980 g/mol. The molecule has 1 fully saturated rings. The lowest BCUT2D eigenvalue weighted by Crippen LogP contribution is -2.57. The minimum absolute atomic E-state index is 0.0201. The summed E-state index contributed by atoms with van der Waals surface area (Å²) in [6.45, 7) is 9.30. The Morgan fingerprint density at radius 1 is 0.838 bits per heavy atom. The number of carbonyl (C=O) groups is 5. The number of aryl methyl sites for hydroxylation is 2. The van der Waals surface area contributed by atoms with Crippen LogP contribution >= 0.6 is 11.3 Å². The summed E-state index contributed by atoms with van der Waals surface area (Å²) in [5, 5.41) is 28.0. The Morgan fingerprint density at radius 3 is 2.16 bits per heavy atom. The van der Waals surface area contributed by atoms with Crippen molar-refractivity contribution in [2.45, 2.75) is 97.1 Å². The molecule has 0 unspecified atom stereocenters. The van der Waals surface area contributed by atoms with E-state index in [2.05, 4.69) is 31.3 Å². The van der Waals surface area contributed by atoms with Gasteiger partial charge in [-0.25, -0.2) is 4.98 Å². The molecule has 1 saturated heterocycles. The number of fused-ring (bicyclic) bond motifs is 3. The van der Waals surface area contributed by atoms with Crippen LogP contribution in [-0.2, 0) is 48.4 Å². The van der Waals surface area contributed by atoms with Crippen LogP contribution in [0.25, 0.3) is 38.1 Å². The Bertz CT molecular complexity index is 2910. The number of alkyl halides is 3. The van der Waals surface area contributed by atoms with Crippen LogP contribution in [-0.4, -0.2) is 123 Å². The number of aliphatic hydroxyl groups excluding tert-OH is 1. The Hall–Kier alpha value is -6.68. The predicted molar refractivity (Wildman–Crippen MR) is 274 cm³/mol. The number of β-amino-alcohol motifs (C(OH)–C–C–N with tert-alkyl or cyclic N) is 1. The van der Waals surface area contributed by atoms with Crippen LogP contribution in [0.15, 0.2) is 78.4 Å². The molecule has 3 atom stereocenters. The third-order valence-corrected chi connectivity index (χ3v) is 13.7. The number of amides is 5. The summed E-state index contributed by atoms with van der Waals surface area (Å²) >= 11 is 1.56. The number of benzene rings is 3. The maximum absolute atomic E-state index is 14.0. The minimum atomic E-state index is -4.46. The van der Waals surface area contributed by atoms with Crippen molar-refractivity contribution >= 4 is 62.8 Å². The van der Waals surface area contributed by atoms with Crippen LogP contribution in [0, 0.1) is 12.3 Å². The van der Waals surface area contributed by atoms with Crippen molar-refractivity contribution in [2.24, 2.45) is 12.5 Å². The van der Waals surface area contributed by atoms with E-state index in [0.717, 1.165) is 44.6 Å². The Balaban J connectivity index is 0.736. The third-order valence-electron chi connectivity index (χ3n) is 12.8. The van der Waals surface area contributed by atoms with Crippen molar-refractivity contribution in [2.75, 3.05) is 46.1 Å². The fourth-order valence-corrected chi connectivity index (χ4v) is 9.68. The molecule has 3 aromatic heterocycles. The van der Waals surface area contributed by atoms with E-state index in [1.165, 1.54) is 17.0 Å². The van der Waals surface area contributed by atoms with Gasteiger partial charge in [-0.2, -0.15) is 18.3 Å². The molecule has 5 amide bonds. The van der Waals surface area contributed by atoms with E-state index in [1.54, 1.807) is 57.5 Å². The normalized spacial score (nSPS) is 15.4. The molecular formula is C53H64F3N9O8S. The average Bonchev–Trinajstić information content (AvgIpc) is 4.14. The van der Waals surface area contributed by atoms with E-state index in [4.69, 9.17) is 9.47 Å². The van der Waals surface area contributed by atoms with Gasteiger partial charge in [0.15, 0.2) is 5.65 Å². The molecule has 0 aliphatic carbocycles. The lowest BCUT2D eigenvalue weighted by Gasteiger charge is -2.35. The van der Waals surface area contributed by atoms with Gasteiger partial charge in [0, 0.05) is 80.7 Å². The van der Waals surface area contributed by atoms with Crippen molar-refractivity contribution in [3.05, 3.63) is 101 Å². The van der Waals surface area contributed by atoms with Gasteiger partial charge >= 0.3 is 6.18 Å². The zero-order chi connectivity index (χ0) is 53.2. The Kier molecular flexibility index (Phi) is 18.3. The number of nitrogens with one attached hydrogen (secondary N) is 4. The van der Waals surface area contributed by atoms with Crippen LogP contribution in [0.4, 0.5) is 13.2 Å². The first kappa shape index (κ1) is 55.1. The molecule has 74 heavy (non-hydrogen) atoms. The summed E-state index contributed by atoms with van der Waals surface area (Å²) in [7, 11) is 1.75. The van der Waals surface area contributed by atoms with Crippen molar-refractivity contribution in [1.82, 2.24) is 45.5 Å². The molecule has 3 aromatic carbocycles. The number of halogens is 3. The number of carbonyl (C=O) groups excluding carboxylic acids is 5. The van der Waals surface area contributed by atoms with Gasteiger partial charge in [-0.1, -0.05) is 51.5 Å². The summed E-state index contributed by atoms with van der Waals surface area (Å²) in [6, 6.07) is 16.0. The number of likely N-dealkylation sites (tertiary alicyclic amines) is 1. The first-order valence-corrected chi connectivity index (χ1v) is 25.6. The van der Waals surface area contributed by atoms with E-state index in [1.807, 2.05) is 52.0 Å². The lowest BCUT2D eigenvalue weighted by molar-refractivity contribution is -0.144. The molecule has 0 spiro atoms. The second kappa shape index (κ2) is 24.6. The number of aliphatic hydroxyl groups is 1. The number of hydrogen-bond acceptors (Lipinski definition) is 11. The Labute approximate surface area is 431 Å². The summed E-state index contributed by atoms with van der Waals surface area (Å²) in [5.74, 6) is -1.59. The van der Waals surface area contributed by atoms with Gasteiger partial charge in [-0.3, -0.25) is 33.2 Å². The van der Waals surface area contributed by atoms with Crippen LogP contribution in [0.5, 0.6) is 0 Å². The first-order valence-electron chi connectivity index (χ1n) is 24.7. The summed E-state index contributed by atoms with van der Waals surface area (Å²) in [5.41, 5.74) is 5.39. The second-order valence-corrected chi connectivity index (χ2v) is 20.3. The van der Waals surface area contributed by atoms with Gasteiger partial charge in [-0.15, -0.1) is 11.3 Å². The monoisotopic (exact) mass is 1040 g/mol. The zero-order valence-corrected chi connectivity index (χ0v) is 43.0. The van der Waals surface area contributed by atoms with E-state index < -0.39 is 41.2 Å². The highest BCUT2D eigenvalue weighted by molar-refractivity contribution is 7.13. The molecule has 6 aromatic rings. The standard InChI is InChI=1S/C53H64F3N9O8S/c1-33-46(74-32-60-33)35-13-11-34(12-14-35)29-59-50(70)43-28-39(66)30-64(43)51(71)47(52(2,3)4)61-45(68)10-8-6-7-9-44(67)57-21-23-72-25-26-73-24-22-58-49(69)36-15-20-42-40(27-36)41-31-63(5)62-48(41)65(42)38-18-16-37(17-19-38)53(54,55)56/h11-20,27,31-32,39,43,47,66H,6-10,21-26,28-30H2,1-5H3,(H,57,67)(H,58,69)(H,59,70)(H,61,68)/t39-,43+,47-/m1/s1. The molecule has 1 aliphatic rings. The van der Waals surface area contributed by atoms with Crippen LogP contribution < -0.4 is 21.3 Å². The van der Waals surface area contributed by atoms with Gasteiger partial charge in [0.05, 0.1) is 59.7 Å². The highest BCUT2D eigenvalue weighted by Gasteiger charge is 2.44. The highest BCUT2D eigenvalue weighted by Crippen LogP contribution is 2.35. The van der Waals surface area contributed by atoms with Crippen LogP contribution in [0.2, 0.25) is 0 Å². The SMILES string of the molecule is Cc1ncsc1-c1ccc(CNC(=O)[C@@H]2C[C@@H](O)CN2C(=O)[C@@H](NC(=O)CCCCCC(=O)NCCOCCOCCNC(=O)c2ccc3c(c2)c2cn(C)nc2n3-c2ccc(C(F)(F)F)cc2)C(C)(C)C)cc1. The van der Waals surface area contributed by atoms with E-state index >= 15 is 0 Å². The number of rotatable bonds is 23. The third kappa shape index (κ3) is 14.1. The Morgan fingerprint density at radius 2 is 1.51 bits per heavy atom. The van der Waals surface area contributed by atoms with Crippen LogP contribution in [0.1, 0.15) is 86.5 Å². The summed E-state index contributed by atoms with van der Waals surface area (Å²) in [4.78, 5) is 72.8. The number of unbranched alkanes of at least 4 members (excludes halogenated alkanes) is 2. The summed E-state index contributed by atoms with van der Waals surface area (Å²) < 4.78 is 54.2. The molecule has 0 bridgehead atoms. The quantitative estimate of drug-likeness (QED) is 0.0434. The minimum Gasteiger partial charge on any atom is -0.391 e. The van der Waals surface area contributed by atoms with Crippen molar-refractivity contribution in [3.63, 3.8) is 0 Å². The predicted octanol–water partition coefficient (Wildman–Crippen LogP) is 6.61. The van der Waals surface area contributed by atoms with Crippen molar-refractivity contribution in [3.8, 4) is 16.1 Å². The van der Waals surface area contributed by atoms with Gasteiger partial charge in [0.25, 0.3) is 5.91 Å². The molecule has 1 aliphatic heterocycles. The fraction of sp³-hybridized carbons (Fsp3) is 0.453. The number of nitrogens with zero attached hydrogens (tertiary/aromatic N) is 5. The zero-order valence-electron chi connectivity index (χ0n) is 42.2. The number of aromatic nitrogens is 4. The molecule has 0 saturated carbocycles. The largest absolute Gasteiger partial charge is 0.416 e. The topological polar surface area (TPSA) is 211 Å².